The summed E-state index contributed by atoms with van der Waals surface area (Å²) in [5.41, 5.74) is 5.36. The smallest absolute Gasteiger partial charge is 0.0232 e. The molecule has 0 saturated heterocycles. The highest BCUT2D eigenvalue weighted by molar-refractivity contribution is 7.67. The lowest BCUT2D eigenvalue weighted by atomic mass is 9.55. The molecule has 3 aliphatic rings. The van der Waals surface area contributed by atoms with Gasteiger partial charge in [-0.3, -0.25) is 0 Å². The fourth-order valence-electron chi connectivity index (χ4n) is 7.88. The number of rotatable bonds is 7. The van der Waals surface area contributed by atoms with Crippen LogP contribution in [0.3, 0.4) is 0 Å². The van der Waals surface area contributed by atoms with Crippen molar-refractivity contribution in [1.29, 1.82) is 0 Å². The minimum Gasteiger partial charge on any atom is -0.0731 e. The Bertz CT molecular complexity index is 829. The molecule has 2 unspecified atom stereocenters. The van der Waals surface area contributed by atoms with Crippen LogP contribution in [0.25, 0.3) is 0 Å². The predicted octanol–water partition coefficient (Wildman–Crippen LogP) is 9.78. The number of allylic oxidation sites excluding steroid dienone is 4. The van der Waals surface area contributed by atoms with E-state index in [1.54, 1.807) is 16.4 Å². The molecule has 0 nitrogen and oxygen atoms in total. The van der Waals surface area contributed by atoms with Crippen LogP contribution in [0.4, 0.5) is 0 Å². The van der Waals surface area contributed by atoms with Gasteiger partial charge in [0.15, 0.2) is 0 Å². The monoisotopic (exact) mass is 478 g/mol. The van der Waals surface area contributed by atoms with E-state index in [4.69, 9.17) is 0 Å². The summed E-state index contributed by atoms with van der Waals surface area (Å²) in [5.74, 6) is 2.38. The normalized spacial score (nSPS) is 27.2. The number of hydrogen-bond acceptors (Lipinski definition) is 0. The lowest BCUT2D eigenvalue weighted by Crippen LogP contribution is -2.47. The van der Waals surface area contributed by atoms with Crippen molar-refractivity contribution in [2.24, 2.45) is 23.7 Å². The second kappa shape index (κ2) is 11.5. The minimum absolute atomic E-state index is 0.100. The van der Waals surface area contributed by atoms with Crippen LogP contribution in [0, 0.1) is 23.7 Å². The molecule has 1 aromatic rings. The predicted molar refractivity (Wildman–Crippen MR) is 154 cm³/mol. The fourth-order valence-corrected chi connectivity index (χ4v) is 11.9. The summed E-state index contributed by atoms with van der Waals surface area (Å²) >= 11 is 0. The van der Waals surface area contributed by atoms with Gasteiger partial charge in [0, 0.05) is 5.41 Å². The standard InChI is InChI=1S/C33H51P/c1-24(2)29-20-15-23-33(26(5)6,32(29)25(3)4)30-21-13-14-22-31(30)34(27-16-9-7-10-17-27)28-18-11-8-12-19-28/h13-15,20-28,32H,7-12,16-19H2,1-6H3. The lowest BCUT2D eigenvalue weighted by Gasteiger charge is -2.50. The average molecular weight is 479 g/mol. The van der Waals surface area contributed by atoms with Gasteiger partial charge in [0.05, 0.1) is 0 Å². The van der Waals surface area contributed by atoms with E-state index >= 15 is 0 Å². The maximum Gasteiger partial charge on any atom is 0.0232 e. The van der Waals surface area contributed by atoms with Gasteiger partial charge >= 0.3 is 0 Å². The van der Waals surface area contributed by atoms with Gasteiger partial charge in [0.1, 0.15) is 0 Å². The second-order valence-electron chi connectivity index (χ2n) is 12.5. The Hall–Kier alpha value is -0.870. The molecule has 0 amide bonds. The van der Waals surface area contributed by atoms with Crippen molar-refractivity contribution in [3.8, 4) is 0 Å². The van der Waals surface area contributed by atoms with Crippen LogP contribution in [-0.4, -0.2) is 11.3 Å². The summed E-state index contributed by atoms with van der Waals surface area (Å²) < 4.78 is 0. The van der Waals surface area contributed by atoms with E-state index in [1.807, 2.05) is 0 Å². The molecule has 2 atom stereocenters. The highest BCUT2D eigenvalue weighted by atomic mass is 31.1. The van der Waals surface area contributed by atoms with E-state index in [9.17, 15) is 0 Å². The molecule has 2 saturated carbocycles. The van der Waals surface area contributed by atoms with Crippen LogP contribution < -0.4 is 5.30 Å². The number of benzene rings is 1. The van der Waals surface area contributed by atoms with Crippen LogP contribution in [0.1, 0.15) is 111 Å². The summed E-state index contributed by atoms with van der Waals surface area (Å²) in [4.78, 5) is 0. The van der Waals surface area contributed by atoms with Gasteiger partial charge in [-0.15, -0.1) is 0 Å². The van der Waals surface area contributed by atoms with Gasteiger partial charge < -0.3 is 0 Å². The van der Waals surface area contributed by atoms with Crippen LogP contribution in [0.5, 0.6) is 0 Å². The maximum absolute atomic E-state index is 2.64. The topological polar surface area (TPSA) is 0 Å². The van der Waals surface area contributed by atoms with Crippen molar-refractivity contribution < 1.29 is 0 Å². The highest BCUT2D eigenvalue weighted by Gasteiger charge is 2.48. The van der Waals surface area contributed by atoms with Crippen molar-refractivity contribution in [1.82, 2.24) is 0 Å². The Morgan fingerprint density at radius 3 is 1.82 bits per heavy atom. The first kappa shape index (κ1) is 26.2. The molecular weight excluding hydrogens is 427 g/mol. The molecule has 0 radical (unpaired) electrons. The SMILES string of the molecule is CC(C)C1=CC=CC(c2ccccc2P(C2CCCCC2)C2CCCCC2)(C(C)C)C1C(C)C. The molecule has 0 heterocycles. The van der Waals surface area contributed by atoms with Crippen molar-refractivity contribution >= 4 is 13.2 Å². The molecule has 2 fully saturated rings. The van der Waals surface area contributed by atoms with Crippen LogP contribution in [0.15, 0.2) is 48.1 Å². The zero-order valence-corrected chi connectivity index (χ0v) is 23.9. The molecule has 0 aliphatic heterocycles. The molecule has 1 heteroatoms. The Labute approximate surface area is 212 Å². The maximum atomic E-state index is 2.64. The first-order chi connectivity index (χ1) is 16.4. The van der Waals surface area contributed by atoms with Gasteiger partial charge in [-0.25, -0.2) is 0 Å². The summed E-state index contributed by atoms with van der Waals surface area (Å²) in [5, 5.41) is 1.80. The van der Waals surface area contributed by atoms with Crippen LogP contribution in [0.2, 0.25) is 0 Å². The molecule has 4 rings (SSSR count). The number of hydrogen-bond donors (Lipinski definition) is 0. The van der Waals surface area contributed by atoms with Gasteiger partial charge in [-0.2, -0.15) is 0 Å². The van der Waals surface area contributed by atoms with E-state index < -0.39 is 0 Å². The fraction of sp³-hybridized carbons (Fsp3) is 0.697. The Kier molecular flexibility index (Phi) is 8.83. The molecule has 0 spiro atoms. The minimum atomic E-state index is -0.116. The first-order valence-electron chi connectivity index (χ1n) is 14.6. The Morgan fingerprint density at radius 2 is 1.32 bits per heavy atom. The molecule has 1 aromatic carbocycles. The average Bonchev–Trinajstić information content (AvgIpc) is 2.85. The molecule has 0 aromatic heterocycles. The van der Waals surface area contributed by atoms with Gasteiger partial charge in [0.2, 0.25) is 0 Å². The summed E-state index contributed by atoms with van der Waals surface area (Å²) in [7, 11) is -0.116. The van der Waals surface area contributed by atoms with E-state index in [1.165, 1.54) is 64.2 Å². The zero-order chi connectivity index (χ0) is 24.3. The third kappa shape index (κ3) is 5.01. The molecular formula is C33H51P. The first-order valence-corrected chi connectivity index (χ1v) is 16.1. The molecule has 3 aliphatic carbocycles. The van der Waals surface area contributed by atoms with E-state index in [-0.39, 0.29) is 13.3 Å². The van der Waals surface area contributed by atoms with Crippen molar-refractivity contribution in [3.05, 3.63) is 53.6 Å². The summed E-state index contributed by atoms with van der Waals surface area (Å²) in [6.07, 6.45) is 22.2. The zero-order valence-electron chi connectivity index (χ0n) is 23.0. The molecule has 34 heavy (non-hydrogen) atoms. The van der Waals surface area contributed by atoms with E-state index in [0.29, 0.717) is 23.7 Å². The van der Waals surface area contributed by atoms with Gasteiger partial charge in [-0.1, -0.05) is 136 Å². The van der Waals surface area contributed by atoms with E-state index in [0.717, 1.165) is 11.3 Å². The molecule has 0 bridgehead atoms. The second-order valence-corrected chi connectivity index (χ2v) is 15.3. The molecule has 0 N–H and O–H groups in total. The van der Waals surface area contributed by atoms with Crippen LogP contribution >= 0.6 is 7.92 Å². The Morgan fingerprint density at radius 1 is 0.765 bits per heavy atom. The van der Waals surface area contributed by atoms with Crippen molar-refractivity contribution in [3.63, 3.8) is 0 Å². The molecule has 188 valence electrons. The van der Waals surface area contributed by atoms with Crippen molar-refractivity contribution in [2.45, 2.75) is 122 Å². The van der Waals surface area contributed by atoms with Gasteiger partial charge in [0.25, 0.3) is 0 Å². The highest BCUT2D eigenvalue weighted by Crippen LogP contribution is 2.58. The third-order valence-corrected chi connectivity index (χ3v) is 13.0. The van der Waals surface area contributed by atoms with E-state index in [2.05, 4.69) is 84.0 Å². The largest absolute Gasteiger partial charge is 0.0731 e. The summed E-state index contributed by atoms with van der Waals surface area (Å²) in [6.45, 7) is 14.8. The summed E-state index contributed by atoms with van der Waals surface area (Å²) in [6, 6.07) is 9.91. The third-order valence-electron chi connectivity index (χ3n) is 9.41. The Balaban J connectivity index is 1.88. The van der Waals surface area contributed by atoms with Crippen molar-refractivity contribution in [2.75, 3.05) is 0 Å². The lowest BCUT2D eigenvalue weighted by molar-refractivity contribution is 0.213. The quantitative estimate of drug-likeness (QED) is 0.342. The van der Waals surface area contributed by atoms with Gasteiger partial charge in [-0.05, 0) is 71.5 Å². The van der Waals surface area contributed by atoms with Crippen LogP contribution in [-0.2, 0) is 5.41 Å².